The van der Waals surface area contributed by atoms with Crippen LogP contribution < -0.4 is 4.87 Å². The largest absolute Gasteiger partial charge is 0.396 e. The summed E-state index contributed by atoms with van der Waals surface area (Å²) in [5.41, 5.74) is 3.19. The van der Waals surface area contributed by atoms with E-state index >= 15 is 0 Å². The third-order valence-corrected chi connectivity index (χ3v) is 3.51. The van der Waals surface area contributed by atoms with Crippen molar-refractivity contribution in [2.24, 2.45) is 0 Å². The molecule has 1 aromatic carbocycles. The lowest BCUT2D eigenvalue weighted by Gasteiger charge is -2.09. The molecule has 0 saturated heterocycles. The van der Waals surface area contributed by atoms with E-state index in [-0.39, 0.29) is 11.5 Å². The van der Waals surface area contributed by atoms with Crippen molar-refractivity contribution in [3.63, 3.8) is 0 Å². The predicted molar refractivity (Wildman–Crippen MR) is 70.5 cm³/mol. The summed E-state index contributed by atoms with van der Waals surface area (Å²) in [6, 6.07) is 8.02. The molecule has 2 aromatic rings. The van der Waals surface area contributed by atoms with Crippen molar-refractivity contribution in [2.45, 2.75) is 19.9 Å². The highest BCUT2D eigenvalue weighted by Crippen LogP contribution is 2.23. The summed E-state index contributed by atoms with van der Waals surface area (Å²) in [4.78, 5) is 11.8. The summed E-state index contributed by atoms with van der Waals surface area (Å²) in [6.45, 7) is 2.71. The third-order valence-electron chi connectivity index (χ3n) is 2.74. The lowest BCUT2D eigenvalue weighted by atomic mass is 10.1. The van der Waals surface area contributed by atoms with Gasteiger partial charge in [-0.3, -0.25) is 9.36 Å². The zero-order valence-electron chi connectivity index (χ0n) is 9.72. The van der Waals surface area contributed by atoms with E-state index in [1.54, 1.807) is 4.57 Å². The van der Waals surface area contributed by atoms with Gasteiger partial charge in [-0.2, -0.15) is 0 Å². The van der Waals surface area contributed by atoms with E-state index in [1.807, 2.05) is 36.6 Å². The minimum atomic E-state index is 0.0386. The van der Waals surface area contributed by atoms with Crippen molar-refractivity contribution in [3.05, 3.63) is 44.9 Å². The molecule has 0 saturated carbocycles. The van der Waals surface area contributed by atoms with E-state index < -0.39 is 0 Å². The minimum Gasteiger partial charge on any atom is -0.396 e. The fraction of sp³-hybridized carbons (Fsp3) is 0.308. The maximum Gasteiger partial charge on any atom is 0.307 e. The zero-order valence-corrected chi connectivity index (χ0v) is 10.5. The van der Waals surface area contributed by atoms with Gasteiger partial charge in [0.15, 0.2) is 0 Å². The summed E-state index contributed by atoms with van der Waals surface area (Å²) < 4.78 is 1.74. The maximum atomic E-state index is 11.7. The highest BCUT2D eigenvalue weighted by Gasteiger charge is 2.09. The van der Waals surface area contributed by atoms with Gasteiger partial charge in [0.1, 0.15) is 0 Å². The molecule has 1 heterocycles. The lowest BCUT2D eigenvalue weighted by molar-refractivity contribution is 0.279. The van der Waals surface area contributed by atoms with Gasteiger partial charge in [0.25, 0.3) is 0 Å². The average Bonchev–Trinajstić information content (AvgIpc) is 2.69. The normalized spacial score (nSPS) is 10.7. The van der Waals surface area contributed by atoms with E-state index in [1.165, 1.54) is 11.3 Å². The van der Waals surface area contributed by atoms with Crippen LogP contribution in [0, 0.1) is 6.92 Å². The molecule has 0 unspecified atom stereocenters. The number of aromatic nitrogens is 1. The van der Waals surface area contributed by atoms with Gasteiger partial charge in [-0.05, 0) is 18.9 Å². The summed E-state index contributed by atoms with van der Waals surface area (Å²) in [5, 5.41) is 10.8. The van der Waals surface area contributed by atoms with Gasteiger partial charge < -0.3 is 5.11 Å². The first-order chi connectivity index (χ1) is 8.24. The van der Waals surface area contributed by atoms with Gasteiger partial charge in [-0.25, -0.2) is 0 Å². The molecule has 90 valence electrons. The molecule has 17 heavy (non-hydrogen) atoms. The molecule has 2 rings (SSSR count). The van der Waals surface area contributed by atoms with E-state index in [4.69, 9.17) is 5.11 Å². The number of thiazole rings is 1. The molecule has 0 aliphatic heterocycles. The number of nitrogens with zero attached hydrogens (tertiary/aromatic N) is 1. The fourth-order valence-corrected chi connectivity index (χ4v) is 2.63. The van der Waals surface area contributed by atoms with Crippen LogP contribution in [-0.4, -0.2) is 16.3 Å². The first-order valence-corrected chi connectivity index (χ1v) is 6.47. The SMILES string of the molecule is Cc1ccccc1-c1csc(=O)n1CCCO. The van der Waals surface area contributed by atoms with E-state index in [9.17, 15) is 4.79 Å². The second kappa shape index (κ2) is 5.29. The zero-order chi connectivity index (χ0) is 12.3. The smallest absolute Gasteiger partial charge is 0.307 e. The van der Waals surface area contributed by atoms with Gasteiger partial charge in [-0.15, -0.1) is 0 Å². The molecule has 0 amide bonds. The van der Waals surface area contributed by atoms with Crippen LogP contribution in [0.1, 0.15) is 12.0 Å². The molecular formula is C13H15NO2S. The second-order valence-electron chi connectivity index (χ2n) is 3.93. The number of aryl methyl sites for hydroxylation is 1. The van der Waals surface area contributed by atoms with Crippen LogP contribution in [0.3, 0.4) is 0 Å². The Labute approximate surface area is 104 Å². The van der Waals surface area contributed by atoms with Crippen LogP contribution in [0.4, 0.5) is 0 Å². The van der Waals surface area contributed by atoms with E-state index in [2.05, 4.69) is 0 Å². The van der Waals surface area contributed by atoms with Crippen LogP contribution in [0.2, 0.25) is 0 Å². The Kier molecular flexibility index (Phi) is 3.76. The first-order valence-electron chi connectivity index (χ1n) is 5.59. The molecule has 1 aromatic heterocycles. The fourth-order valence-electron chi connectivity index (χ4n) is 1.84. The number of aliphatic hydroxyl groups excluding tert-OH is 1. The molecule has 0 aliphatic carbocycles. The Bertz CT molecular complexity index is 557. The standard InChI is InChI=1S/C13H15NO2S/c1-10-5-2-3-6-11(10)12-9-17-13(16)14(12)7-4-8-15/h2-3,5-6,9,15H,4,7-8H2,1H3. The molecule has 0 atom stereocenters. The number of hydrogen-bond donors (Lipinski definition) is 1. The Morgan fingerprint density at radius 3 is 2.82 bits per heavy atom. The van der Waals surface area contributed by atoms with Crippen molar-refractivity contribution in [2.75, 3.05) is 6.61 Å². The monoisotopic (exact) mass is 249 g/mol. The second-order valence-corrected chi connectivity index (χ2v) is 4.75. The Hall–Kier alpha value is -1.39. The van der Waals surface area contributed by atoms with Crippen LogP contribution in [0.25, 0.3) is 11.3 Å². The molecule has 0 aliphatic rings. The molecule has 0 bridgehead atoms. The highest BCUT2D eigenvalue weighted by atomic mass is 32.1. The lowest BCUT2D eigenvalue weighted by Crippen LogP contribution is -2.15. The summed E-state index contributed by atoms with van der Waals surface area (Å²) in [7, 11) is 0. The first kappa shape index (κ1) is 12.1. The molecule has 0 radical (unpaired) electrons. The highest BCUT2D eigenvalue weighted by molar-refractivity contribution is 7.07. The van der Waals surface area contributed by atoms with Gasteiger partial charge in [0, 0.05) is 24.1 Å². The van der Waals surface area contributed by atoms with Crippen molar-refractivity contribution >= 4 is 11.3 Å². The molecule has 1 N–H and O–H groups in total. The van der Waals surface area contributed by atoms with Gasteiger partial charge in [-0.1, -0.05) is 35.6 Å². The topological polar surface area (TPSA) is 42.2 Å². The van der Waals surface area contributed by atoms with Crippen molar-refractivity contribution in [1.82, 2.24) is 4.57 Å². The molecular weight excluding hydrogens is 234 g/mol. The number of aliphatic hydroxyl groups is 1. The number of benzene rings is 1. The Morgan fingerprint density at radius 2 is 2.12 bits per heavy atom. The quantitative estimate of drug-likeness (QED) is 0.903. The van der Waals surface area contributed by atoms with Crippen LogP contribution >= 0.6 is 11.3 Å². The third kappa shape index (κ3) is 2.48. The Morgan fingerprint density at radius 1 is 1.35 bits per heavy atom. The van der Waals surface area contributed by atoms with E-state index in [0.29, 0.717) is 13.0 Å². The summed E-state index contributed by atoms with van der Waals surface area (Å²) in [6.07, 6.45) is 0.607. The van der Waals surface area contributed by atoms with Gasteiger partial charge >= 0.3 is 4.87 Å². The van der Waals surface area contributed by atoms with Crippen LogP contribution in [0.5, 0.6) is 0 Å². The van der Waals surface area contributed by atoms with Crippen molar-refractivity contribution in [3.8, 4) is 11.3 Å². The van der Waals surface area contributed by atoms with Crippen molar-refractivity contribution in [1.29, 1.82) is 0 Å². The molecule has 4 heteroatoms. The molecule has 0 spiro atoms. The van der Waals surface area contributed by atoms with Gasteiger partial charge in [0.05, 0.1) is 5.69 Å². The summed E-state index contributed by atoms with van der Waals surface area (Å²) >= 11 is 1.21. The van der Waals surface area contributed by atoms with Crippen LogP contribution in [-0.2, 0) is 6.54 Å². The van der Waals surface area contributed by atoms with Crippen LogP contribution in [0.15, 0.2) is 34.4 Å². The predicted octanol–water partition coefficient (Wildman–Crippen LogP) is 2.27. The summed E-state index contributed by atoms with van der Waals surface area (Å²) in [5.74, 6) is 0. The molecule has 0 fully saturated rings. The minimum absolute atomic E-state index is 0.0386. The number of hydrogen-bond acceptors (Lipinski definition) is 3. The maximum absolute atomic E-state index is 11.7. The average molecular weight is 249 g/mol. The van der Waals surface area contributed by atoms with E-state index in [0.717, 1.165) is 16.8 Å². The number of rotatable bonds is 4. The van der Waals surface area contributed by atoms with Crippen molar-refractivity contribution < 1.29 is 5.11 Å². The Balaban J connectivity index is 2.46. The van der Waals surface area contributed by atoms with Gasteiger partial charge in [0.2, 0.25) is 0 Å². The molecule has 3 nitrogen and oxygen atoms in total.